The molecule has 3 rings (SSSR count). The van der Waals surface area contributed by atoms with Crippen LogP contribution < -0.4 is 0 Å². The molecule has 3 aromatic rings. The SMILES string of the molecule is CSc1ccc2cc(COC(=O)c3ccccc3C(F)(F)F)c(Cl)nc2c1. The zero-order valence-electron chi connectivity index (χ0n) is 14.0. The average molecular weight is 412 g/mol. The van der Waals surface area contributed by atoms with Crippen LogP contribution in [-0.2, 0) is 17.5 Å². The fraction of sp³-hybridized carbons (Fsp3) is 0.158. The minimum absolute atomic E-state index is 0.137. The smallest absolute Gasteiger partial charge is 0.417 e. The normalized spacial score (nSPS) is 11.6. The van der Waals surface area contributed by atoms with Crippen molar-refractivity contribution in [2.24, 2.45) is 0 Å². The van der Waals surface area contributed by atoms with E-state index in [1.165, 1.54) is 12.1 Å². The van der Waals surface area contributed by atoms with E-state index in [0.29, 0.717) is 11.1 Å². The topological polar surface area (TPSA) is 39.2 Å². The van der Waals surface area contributed by atoms with E-state index in [2.05, 4.69) is 4.98 Å². The number of rotatable bonds is 4. The van der Waals surface area contributed by atoms with E-state index in [-0.39, 0.29) is 11.8 Å². The molecule has 0 aliphatic carbocycles. The number of carbonyl (C=O) groups is 1. The van der Waals surface area contributed by atoms with Crippen LogP contribution in [0.25, 0.3) is 10.9 Å². The molecule has 0 fully saturated rings. The predicted molar refractivity (Wildman–Crippen MR) is 99.1 cm³/mol. The molecule has 0 amide bonds. The number of pyridine rings is 1. The van der Waals surface area contributed by atoms with Crippen molar-refractivity contribution in [3.63, 3.8) is 0 Å². The van der Waals surface area contributed by atoms with Crippen LogP contribution in [0.4, 0.5) is 13.2 Å². The molecule has 0 atom stereocenters. The molecule has 0 aliphatic rings. The highest BCUT2D eigenvalue weighted by Crippen LogP contribution is 2.32. The molecule has 0 unspecified atom stereocenters. The minimum atomic E-state index is -4.65. The number of ether oxygens (including phenoxy) is 1. The fourth-order valence-corrected chi connectivity index (χ4v) is 3.16. The van der Waals surface area contributed by atoms with Crippen LogP contribution in [0.1, 0.15) is 21.5 Å². The third-order valence-electron chi connectivity index (χ3n) is 3.86. The number of fused-ring (bicyclic) bond motifs is 1. The largest absolute Gasteiger partial charge is 0.457 e. The summed E-state index contributed by atoms with van der Waals surface area (Å²) in [5.41, 5.74) is -0.481. The van der Waals surface area contributed by atoms with Gasteiger partial charge >= 0.3 is 12.1 Å². The Bertz CT molecular complexity index is 1010. The van der Waals surface area contributed by atoms with E-state index < -0.39 is 23.3 Å². The first-order chi connectivity index (χ1) is 12.8. The fourth-order valence-electron chi connectivity index (χ4n) is 2.52. The summed E-state index contributed by atoms with van der Waals surface area (Å²) in [6.07, 6.45) is -2.71. The number of nitrogens with zero attached hydrogens (tertiary/aromatic N) is 1. The van der Waals surface area contributed by atoms with E-state index in [1.54, 1.807) is 17.8 Å². The Balaban J connectivity index is 1.83. The zero-order chi connectivity index (χ0) is 19.6. The molecule has 8 heteroatoms. The quantitative estimate of drug-likeness (QED) is 0.300. The second kappa shape index (κ2) is 7.78. The highest BCUT2D eigenvalue weighted by Gasteiger charge is 2.35. The van der Waals surface area contributed by atoms with E-state index in [1.807, 2.05) is 24.5 Å². The van der Waals surface area contributed by atoms with Crippen LogP contribution in [0.3, 0.4) is 0 Å². The van der Waals surface area contributed by atoms with Crippen molar-refractivity contribution in [2.45, 2.75) is 17.7 Å². The molecule has 2 aromatic carbocycles. The molecule has 0 radical (unpaired) electrons. The highest BCUT2D eigenvalue weighted by molar-refractivity contribution is 7.98. The standard InChI is InChI=1S/C19H13ClF3NO2S/c1-27-13-7-6-11-8-12(17(20)24-16(11)9-13)10-26-18(25)14-4-2-3-5-15(14)19(21,22)23/h2-9H,10H2,1H3. The summed E-state index contributed by atoms with van der Waals surface area (Å²) in [5, 5.41) is 0.927. The van der Waals surface area contributed by atoms with Crippen molar-refractivity contribution >= 4 is 40.2 Å². The molecular weight excluding hydrogens is 399 g/mol. The van der Waals surface area contributed by atoms with Crippen LogP contribution >= 0.6 is 23.4 Å². The Kier molecular flexibility index (Phi) is 5.62. The Hall–Kier alpha value is -2.25. The van der Waals surface area contributed by atoms with Crippen LogP contribution in [0, 0.1) is 0 Å². The van der Waals surface area contributed by atoms with Crippen molar-refractivity contribution in [2.75, 3.05) is 6.26 Å². The number of hydrogen-bond acceptors (Lipinski definition) is 4. The van der Waals surface area contributed by atoms with Crippen molar-refractivity contribution in [3.8, 4) is 0 Å². The number of esters is 1. The summed E-state index contributed by atoms with van der Waals surface area (Å²) in [4.78, 5) is 17.5. The molecule has 0 bridgehead atoms. The van der Waals surface area contributed by atoms with Crippen LogP contribution in [-0.4, -0.2) is 17.2 Å². The van der Waals surface area contributed by atoms with Gasteiger partial charge in [0.1, 0.15) is 11.8 Å². The summed E-state index contributed by atoms with van der Waals surface area (Å²) in [7, 11) is 0. The lowest BCUT2D eigenvalue weighted by atomic mass is 10.1. The summed E-state index contributed by atoms with van der Waals surface area (Å²) in [5.74, 6) is -1.07. The van der Waals surface area contributed by atoms with Gasteiger partial charge in [0.15, 0.2) is 0 Å². The van der Waals surface area contributed by atoms with Gasteiger partial charge in [0.25, 0.3) is 0 Å². The monoisotopic (exact) mass is 411 g/mol. The maximum absolute atomic E-state index is 13.0. The molecule has 0 spiro atoms. The Morgan fingerprint density at radius 3 is 2.63 bits per heavy atom. The number of aromatic nitrogens is 1. The number of halogens is 4. The van der Waals surface area contributed by atoms with Crippen LogP contribution in [0.15, 0.2) is 53.4 Å². The lowest BCUT2D eigenvalue weighted by Gasteiger charge is -2.12. The molecule has 0 saturated carbocycles. The first-order valence-electron chi connectivity index (χ1n) is 7.76. The first kappa shape index (κ1) is 19.5. The number of alkyl halides is 3. The number of carbonyl (C=O) groups excluding carboxylic acids is 1. The van der Waals surface area contributed by atoms with Gasteiger partial charge in [-0.1, -0.05) is 29.8 Å². The van der Waals surface area contributed by atoms with Crippen molar-refractivity contribution in [1.82, 2.24) is 4.98 Å². The molecule has 1 aromatic heterocycles. The molecule has 140 valence electrons. The van der Waals surface area contributed by atoms with Crippen LogP contribution in [0.5, 0.6) is 0 Å². The van der Waals surface area contributed by atoms with E-state index in [9.17, 15) is 18.0 Å². The van der Waals surface area contributed by atoms with E-state index in [0.717, 1.165) is 22.4 Å². The molecule has 0 aliphatic heterocycles. The highest BCUT2D eigenvalue weighted by atomic mass is 35.5. The molecule has 0 saturated heterocycles. The number of hydrogen-bond donors (Lipinski definition) is 0. The average Bonchev–Trinajstić information content (AvgIpc) is 2.65. The molecule has 1 heterocycles. The summed E-state index contributed by atoms with van der Waals surface area (Å²) in [6, 6.07) is 11.8. The van der Waals surface area contributed by atoms with Gasteiger partial charge < -0.3 is 4.74 Å². The van der Waals surface area contributed by atoms with Gasteiger partial charge in [-0.3, -0.25) is 0 Å². The second-order valence-electron chi connectivity index (χ2n) is 5.62. The van der Waals surface area contributed by atoms with Gasteiger partial charge in [-0.05, 0) is 36.6 Å². The third-order valence-corrected chi connectivity index (χ3v) is 4.91. The maximum atomic E-state index is 13.0. The van der Waals surface area contributed by atoms with E-state index in [4.69, 9.17) is 16.3 Å². The lowest BCUT2D eigenvalue weighted by molar-refractivity contribution is -0.138. The van der Waals surface area contributed by atoms with Gasteiger partial charge in [-0.15, -0.1) is 11.8 Å². The van der Waals surface area contributed by atoms with Gasteiger partial charge in [0.2, 0.25) is 0 Å². The van der Waals surface area contributed by atoms with Crippen LogP contribution in [0.2, 0.25) is 5.15 Å². The maximum Gasteiger partial charge on any atom is 0.417 e. The molecule has 27 heavy (non-hydrogen) atoms. The van der Waals surface area contributed by atoms with Gasteiger partial charge in [-0.25, -0.2) is 9.78 Å². The first-order valence-corrected chi connectivity index (χ1v) is 9.36. The zero-order valence-corrected chi connectivity index (χ0v) is 15.6. The summed E-state index contributed by atoms with van der Waals surface area (Å²) < 4.78 is 44.2. The van der Waals surface area contributed by atoms with Crippen molar-refractivity contribution in [1.29, 1.82) is 0 Å². The predicted octanol–water partition coefficient (Wildman–Crippen LogP) is 5.99. The molecular formula is C19H13ClF3NO2S. The van der Waals surface area contributed by atoms with Gasteiger partial charge in [0.05, 0.1) is 16.6 Å². The number of benzene rings is 2. The Morgan fingerprint density at radius 1 is 1.19 bits per heavy atom. The van der Waals surface area contributed by atoms with Gasteiger partial charge in [0, 0.05) is 15.8 Å². The number of thioether (sulfide) groups is 1. The summed E-state index contributed by atoms with van der Waals surface area (Å²) >= 11 is 7.71. The Labute approximate surface area is 162 Å². The minimum Gasteiger partial charge on any atom is -0.457 e. The van der Waals surface area contributed by atoms with Crippen molar-refractivity contribution in [3.05, 3.63) is 70.4 Å². The van der Waals surface area contributed by atoms with Gasteiger partial charge in [-0.2, -0.15) is 13.2 Å². The molecule has 3 nitrogen and oxygen atoms in total. The third kappa shape index (κ3) is 4.36. The summed E-state index contributed by atoms with van der Waals surface area (Å²) in [6.45, 7) is -0.281. The van der Waals surface area contributed by atoms with Crippen molar-refractivity contribution < 1.29 is 22.7 Å². The molecule has 0 N–H and O–H groups in total. The Morgan fingerprint density at radius 2 is 1.93 bits per heavy atom. The van der Waals surface area contributed by atoms with E-state index >= 15 is 0 Å². The second-order valence-corrected chi connectivity index (χ2v) is 6.85. The lowest BCUT2D eigenvalue weighted by Crippen LogP contribution is -2.15.